The van der Waals surface area contributed by atoms with Gasteiger partial charge in [0.15, 0.2) is 5.76 Å². The van der Waals surface area contributed by atoms with Crippen molar-refractivity contribution < 1.29 is 25.3 Å². The molecule has 0 amide bonds. The first kappa shape index (κ1) is 16.7. The van der Waals surface area contributed by atoms with Crippen molar-refractivity contribution >= 4 is 0 Å². The Kier molecular flexibility index (Phi) is 6.61. The van der Waals surface area contributed by atoms with Gasteiger partial charge < -0.3 is 25.3 Å². The third-order valence-corrected chi connectivity index (χ3v) is 3.59. The summed E-state index contributed by atoms with van der Waals surface area (Å²) in [6.45, 7) is 5.57. The summed E-state index contributed by atoms with van der Waals surface area (Å²) in [5, 5.41) is 22.5. The van der Waals surface area contributed by atoms with E-state index < -0.39 is 6.10 Å². The van der Waals surface area contributed by atoms with E-state index >= 15 is 0 Å². The SMILES string of the molecule is C[C@@H](O)c1ccc(-c2ccc(C[NH2+]CC[NH2+]CCO)o2)cc1. The van der Waals surface area contributed by atoms with Gasteiger partial charge >= 0.3 is 0 Å². The molecule has 0 fully saturated rings. The van der Waals surface area contributed by atoms with Crippen LogP contribution in [-0.2, 0) is 6.54 Å². The highest BCUT2D eigenvalue weighted by molar-refractivity contribution is 5.58. The first-order valence-electron chi connectivity index (χ1n) is 7.82. The second-order valence-electron chi connectivity index (χ2n) is 5.44. The van der Waals surface area contributed by atoms with E-state index in [9.17, 15) is 5.11 Å². The molecule has 0 saturated carbocycles. The highest BCUT2D eigenvalue weighted by Gasteiger charge is 2.07. The molecule has 1 heterocycles. The molecule has 1 aromatic carbocycles. The Labute approximate surface area is 131 Å². The van der Waals surface area contributed by atoms with E-state index in [0.717, 1.165) is 48.8 Å². The topological polar surface area (TPSA) is 86.8 Å². The zero-order chi connectivity index (χ0) is 15.8. The van der Waals surface area contributed by atoms with Crippen LogP contribution in [0.2, 0.25) is 0 Å². The standard InChI is InChI=1S/C17H24N2O3/c1-13(21)14-2-4-15(5-3-14)17-7-6-16(22-17)12-19-9-8-18-10-11-20/h2-7,13,18-21H,8-12H2,1H3/p+2/t13-/m1/s1. The van der Waals surface area contributed by atoms with E-state index in [1.165, 1.54) is 0 Å². The minimum Gasteiger partial charge on any atom is -0.455 e. The third-order valence-electron chi connectivity index (χ3n) is 3.59. The van der Waals surface area contributed by atoms with Gasteiger partial charge in [0.2, 0.25) is 0 Å². The van der Waals surface area contributed by atoms with Crippen molar-refractivity contribution in [1.82, 2.24) is 0 Å². The number of rotatable bonds is 9. The molecule has 1 aromatic heterocycles. The van der Waals surface area contributed by atoms with Gasteiger partial charge in [-0.25, -0.2) is 0 Å². The molecule has 6 N–H and O–H groups in total. The lowest BCUT2D eigenvalue weighted by molar-refractivity contribution is -0.732. The molecule has 2 rings (SSSR count). The van der Waals surface area contributed by atoms with E-state index in [0.29, 0.717) is 0 Å². The van der Waals surface area contributed by atoms with Gasteiger partial charge in [-0.15, -0.1) is 0 Å². The molecule has 0 radical (unpaired) electrons. The number of hydrogen-bond acceptors (Lipinski definition) is 3. The number of benzene rings is 1. The van der Waals surface area contributed by atoms with Crippen LogP contribution in [0.1, 0.15) is 24.4 Å². The van der Waals surface area contributed by atoms with Crippen LogP contribution in [0, 0.1) is 0 Å². The summed E-state index contributed by atoms with van der Waals surface area (Å²) in [7, 11) is 0. The summed E-state index contributed by atoms with van der Waals surface area (Å²) in [5.74, 6) is 1.81. The monoisotopic (exact) mass is 306 g/mol. The van der Waals surface area contributed by atoms with Crippen LogP contribution in [0.15, 0.2) is 40.8 Å². The van der Waals surface area contributed by atoms with Crippen molar-refractivity contribution in [2.45, 2.75) is 19.6 Å². The smallest absolute Gasteiger partial charge is 0.158 e. The van der Waals surface area contributed by atoms with E-state index in [4.69, 9.17) is 9.52 Å². The fourth-order valence-corrected chi connectivity index (χ4v) is 2.28. The van der Waals surface area contributed by atoms with E-state index in [1.54, 1.807) is 6.92 Å². The molecule has 0 bridgehead atoms. The van der Waals surface area contributed by atoms with E-state index in [1.807, 2.05) is 36.4 Å². The van der Waals surface area contributed by atoms with Crippen LogP contribution in [0.5, 0.6) is 0 Å². The Hall–Kier alpha value is -1.66. The maximum absolute atomic E-state index is 9.52. The molecule has 120 valence electrons. The first-order valence-corrected chi connectivity index (χ1v) is 7.82. The molecule has 22 heavy (non-hydrogen) atoms. The van der Waals surface area contributed by atoms with Gasteiger partial charge in [0.1, 0.15) is 25.4 Å². The summed E-state index contributed by atoms with van der Waals surface area (Å²) in [6.07, 6.45) is -0.446. The quantitative estimate of drug-likeness (QED) is 0.476. The van der Waals surface area contributed by atoms with Crippen molar-refractivity contribution in [3.63, 3.8) is 0 Å². The Morgan fingerprint density at radius 3 is 2.41 bits per heavy atom. The van der Waals surface area contributed by atoms with Gasteiger partial charge in [0.25, 0.3) is 0 Å². The number of hydrogen-bond donors (Lipinski definition) is 4. The van der Waals surface area contributed by atoms with Crippen LogP contribution in [-0.4, -0.2) is 36.5 Å². The largest absolute Gasteiger partial charge is 0.455 e. The Morgan fingerprint density at radius 1 is 1.00 bits per heavy atom. The lowest BCUT2D eigenvalue weighted by Crippen LogP contribution is -2.94. The highest BCUT2D eigenvalue weighted by atomic mass is 16.3. The number of nitrogens with two attached hydrogens (primary N) is 2. The molecule has 0 spiro atoms. The van der Waals surface area contributed by atoms with Crippen molar-refractivity contribution in [1.29, 1.82) is 0 Å². The number of furan rings is 1. The molecule has 0 unspecified atom stereocenters. The molecule has 5 heteroatoms. The summed E-state index contributed by atoms with van der Waals surface area (Å²) < 4.78 is 5.85. The maximum atomic E-state index is 9.52. The molecule has 1 atom stereocenters. The summed E-state index contributed by atoms with van der Waals surface area (Å²) in [6, 6.07) is 11.8. The molecule has 0 aliphatic rings. The molecule has 0 aliphatic carbocycles. The molecule has 5 nitrogen and oxygen atoms in total. The number of aliphatic hydroxyl groups excluding tert-OH is 2. The van der Waals surface area contributed by atoms with E-state index in [2.05, 4.69) is 10.6 Å². The molecule has 2 aromatic rings. The van der Waals surface area contributed by atoms with Crippen LogP contribution in [0.25, 0.3) is 11.3 Å². The molecular formula is C17H26N2O3+2. The normalized spacial score (nSPS) is 12.5. The van der Waals surface area contributed by atoms with Crippen LogP contribution in [0.4, 0.5) is 0 Å². The van der Waals surface area contributed by atoms with Crippen LogP contribution in [0.3, 0.4) is 0 Å². The highest BCUT2D eigenvalue weighted by Crippen LogP contribution is 2.23. The van der Waals surface area contributed by atoms with Gasteiger partial charge in [-0.1, -0.05) is 24.3 Å². The summed E-state index contributed by atoms with van der Waals surface area (Å²) >= 11 is 0. The number of aliphatic hydroxyl groups is 2. The van der Waals surface area contributed by atoms with Crippen molar-refractivity contribution in [3.8, 4) is 11.3 Å². The summed E-state index contributed by atoms with van der Waals surface area (Å²) in [5.41, 5.74) is 1.93. The minimum atomic E-state index is -0.446. The predicted molar refractivity (Wildman–Crippen MR) is 84.0 cm³/mol. The van der Waals surface area contributed by atoms with E-state index in [-0.39, 0.29) is 6.61 Å². The van der Waals surface area contributed by atoms with Crippen molar-refractivity contribution in [2.24, 2.45) is 0 Å². The van der Waals surface area contributed by atoms with Gasteiger partial charge in [0.05, 0.1) is 19.3 Å². The Morgan fingerprint density at radius 2 is 1.73 bits per heavy atom. The average molecular weight is 306 g/mol. The van der Waals surface area contributed by atoms with Gasteiger partial charge in [-0.05, 0) is 24.6 Å². The van der Waals surface area contributed by atoms with Crippen LogP contribution >= 0.6 is 0 Å². The number of quaternary nitrogens is 2. The lowest BCUT2D eigenvalue weighted by atomic mass is 10.1. The van der Waals surface area contributed by atoms with Gasteiger partial charge in [0, 0.05) is 5.56 Å². The fourth-order valence-electron chi connectivity index (χ4n) is 2.28. The average Bonchev–Trinajstić information content (AvgIpc) is 3.00. The second-order valence-corrected chi connectivity index (χ2v) is 5.44. The third kappa shape index (κ3) is 4.96. The van der Waals surface area contributed by atoms with Crippen molar-refractivity contribution in [2.75, 3.05) is 26.2 Å². The lowest BCUT2D eigenvalue weighted by Gasteiger charge is -2.04. The molecule has 0 saturated heterocycles. The van der Waals surface area contributed by atoms with Crippen LogP contribution < -0.4 is 10.6 Å². The molecule has 0 aliphatic heterocycles. The van der Waals surface area contributed by atoms with Gasteiger partial charge in [-0.3, -0.25) is 0 Å². The minimum absolute atomic E-state index is 0.232. The zero-order valence-electron chi connectivity index (χ0n) is 13.0. The fraction of sp³-hybridized carbons (Fsp3) is 0.412. The van der Waals surface area contributed by atoms with Crippen molar-refractivity contribution in [3.05, 3.63) is 47.7 Å². The maximum Gasteiger partial charge on any atom is 0.158 e. The first-order chi connectivity index (χ1) is 10.7. The summed E-state index contributed by atoms with van der Waals surface area (Å²) in [4.78, 5) is 0. The zero-order valence-corrected chi connectivity index (χ0v) is 13.0. The van der Waals surface area contributed by atoms with Gasteiger partial charge in [-0.2, -0.15) is 0 Å². The Balaban J connectivity index is 1.83. The molecular weight excluding hydrogens is 280 g/mol. The predicted octanol–water partition coefficient (Wildman–Crippen LogP) is -0.381. The Bertz CT molecular complexity index is 549. The second kappa shape index (κ2) is 8.70.